The van der Waals surface area contributed by atoms with Crippen molar-refractivity contribution in [3.8, 4) is 0 Å². The van der Waals surface area contributed by atoms with Crippen LogP contribution in [0.3, 0.4) is 0 Å². The van der Waals surface area contributed by atoms with E-state index < -0.39 is 15.6 Å². The van der Waals surface area contributed by atoms with Crippen molar-refractivity contribution < 1.29 is 13.5 Å². The van der Waals surface area contributed by atoms with Gasteiger partial charge in [-0.05, 0) is 47.3 Å². The summed E-state index contributed by atoms with van der Waals surface area (Å²) in [4.78, 5) is 0. The summed E-state index contributed by atoms with van der Waals surface area (Å²) < 4.78 is 28.2. The first kappa shape index (κ1) is 16.1. The largest absolute Gasteiger partial charge is 0.394 e. The quantitative estimate of drug-likeness (QED) is 0.824. The van der Waals surface area contributed by atoms with Gasteiger partial charge in [-0.1, -0.05) is 13.8 Å². The van der Waals surface area contributed by atoms with Crippen molar-refractivity contribution in [1.29, 1.82) is 0 Å². The fourth-order valence-corrected chi connectivity index (χ4v) is 5.31. The highest BCUT2D eigenvalue weighted by molar-refractivity contribution is 9.11. The molecule has 104 valence electrons. The highest BCUT2D eigenvalue weighted by atomic mass is 79.9. The second-order valence-electron chi connectivity index (χ2n) is 4.27. The Balaban J connectivity index is 3.08. The van der Waals surface area contributed by atoms with Gasteiger partial charge in [0, 0.05) is 0 Å². The summed E-state index contributed by atoms with van der Waals surface area (Å²) in [5.41, 5.74) is 0.117. The van der Waals surface area contributed by atoms with Crippen LogP contribution in [0, 0.1) is 6.92 Å². The number of sulfonamides is 1. The summed E-state index contributed by atoms with van der Waals surface area (Å²) in [5.74, 6) is 0. The summed E-state index contributed by atoms with van der Waals surface area (Å²) in [6, 6.07) is 1.63. The molecule has 2 N–H and O–H groups in total. The molecule has 1 rings (SSSR count). The molecule has 0 saturated heterocycles. The molecule has 1 aromatic heterocycles. The normalized spacial score (nSPS) is 12.9. The second-order valence-corrected chi connectivity index (χ2v) is 8.55. The van der Waals surface area contributed by atoms with Crippen LogP contribution in [0.2, 0.25) is 0 Å². The van der Waals surface area contributed by atoms with Crippen molar-refractivity contribution in [3.05, 3.63) is 15.4 Å². The highest BCUT2D eigenvalue weighted by Gasteiger charge is 2.32. The third-order valence-electron chi connectivity index (χ3n) is 3.11. The van der Waals surface area contributed by atoms with Crippen LogP contribution in [0.15, 0.2) is 14.1 Å². The van der Waals surface area contributed by atoms with E-state index in [4.69, 9.17) is 0 Å². The summed E-state index contributed by atoms with van der Waals surface area (Å²) in [6.07, 6.45) is 1.09. The minimum Gasteiger partial charge on any atom is -0.394 e. The lowest BCUT2D eigenvalue weighted by Crippen LogP contribution is -2.50. The summed E-state index contributed by atoms with van der Waals surface area (Å²) in [6.45, 7) is 5.36. The van der Waals surface area contributed by atoms with Crippen molar-refractivity contribution in [2.75, 3.05) is 6.61 Å². The zero-order valence-corrected chi connectivity index (χ0v) is 13.9. The molecule has 1 aromatic rings. The molecule has 0 saturated carbocycles. The molecule has 0 spiro atoms. The molecule has 0 unspecified atom stereocenters. The van der Waals surface area contributed by atoms with Crippen LogP contribution < -0.4 is 4.72 Å². The number of aliphatic hydroxyl groups is 1. The summed E-state index contributed by atoms with van der Waals surface area (Å²) in [7, 11) is -3.58. The topological polar surface area (TPSA) is 66.4 Å². The first-order valence-corrected chi connectivity index (χ1v) is 8.80. The minimum atomic E-state index is -3.58. The lowest BCUT2D eigenvalue weighted by atomic mass is 9.96. The third-order valence-corrected chi connectivity index (χ3v) is 7.30. The van der Waals surface area contributed by atoms with Crippen molar-refractivity contribution in [2.45, 2.75) is 43.4 Å². The molecule has 0 aromatic carbocycles. The Labute approximate surface area is 121 Å². The van der Waals surface area contributed by atoms with Crippen LogP contribution in [0.1, 0.15) is 32.3 Å². The number of aryl methyl sites for hydroxylation is 1. The molecule has 1 heterocycles. The molecule has 0 atom stereocenters. The molecule has 0 radical (unpaired) electrons. The Morgan fingerprint density at radius 3 is 2.33 bits per heavy atom. The number of nitrogens with one attached hydrogen (secondary N) is 1. The average molecular weight is 356 g/mol. The van der Waals surface area contributed by atoms with Crippen LogP contribution in [-0.2, 0) is 10.0 Å². The van der Waals surface area contributed by atoms with Crippen molar-refractivity contribution >= 4 is 37.3 Å². The van der Waals surface area contributed by atoms with Gasteiger partial charge in [-0.2, -0.15) is 0 Å². The van der Waals surface area contributed by atoms with E-state index in [1.165, 1.54) is 11.3 Å². The lowest BCUT2D eigenvalue weighted by molar-refractivity contribution is 0.172. The van der Waals surface area contributed by atoms with E-state index in [0.717, 1.165) is 9.35 Å². The molecular formula is C11H18BrNO3S2. The molecule has 0 aliphatic heterocycles. The maximum absolute atomic E-state index is 12.3. The van der Waals surface area contributed by atoms with Gasteiger partial charge in [-0.3, -0.25) is 0 Å². The number of hydrogen-bond acceptors (Lipinski definition) is 4. The smallest absolute Gasteiger partial charge is 0.250 e. The number of aliphatic hydroxyl groups excluding tert-OH is 1. The molecule has 0 amide bonds. The van der Waals surface area contributed by atoms with E-state index in [1.54, 1.807) is 6.07 Å². The maximum Gasteiger partial charge on any atom is 0.250 e. The Morgan fingerprint density at radius 2 is 2.00 bits per heavy atom. The Hall–Kier alpha value is 0.0500. The number of hydrogen-bond donors (Lipinski definition) is 2. The molecule has 0 aliphatic carbocycles. The number of rotatable bonds is 6. The van der Waals surface area contributed by atoms with Gasteiger partial charge >= 0.3 is 0 Å². The van der Waals surface area contributed by atoms with Crippen LogP contribution >= 0.6 is 27.3 Å². The monoisotopic (exact) mass is 355 g/mol. The predicted molar refractivity (Wildman–Crippen MR) is 77.5 cm³/mol. The Bertz CT molecular complexity index is 479. The van der Waals surface area contributed by atoms with Gasteiger partial charge in [0.05, 0.1) is 15.9 Å². The molecule has 18 heavy (non-hydrogen) atoms. The van der Waals surface area contributed by atoms with E-state index in [9.17, 15) is 13.5 Å². The Morgan fingerprint density at radius 1 is 1.44 bits per heavy atom. The van der Waals surface area contributed by atoms with Gasteiger partial charge in [-0.25, -0.2) is 13.1 Å². The average Bonchev–Trinajstić information content (AvgIpc) is 2.68. The van der Waals surface area contributed by atoms with Crippen LogP contribution in [0.5, 0.6) is 0 Å². The predicted octanol–water partition coefficient (Wildman–Crippen LogP) is 2.65. The zero-order chi connectivity index (χ0) is 14.0. The standard InChI is InChI=1S/C11H18BrNO3S2/c1-4-11(5-2,7-14)13-18(15,16)9-6-8(3)10(12)17-9/h6,13-14H,4-5,7H2,1-3H3. The molecule has 7 heteroatoms. The number of halogens is 1. The van der Waals surface area contributed by atoms with Crippen molar-refractivity contribution in [1.82, 2.24) is 4.72 Å². The number of thiophene rings is 1. The summed E-state index contributed by atoms with van der Waals surface area (Å²) >= 11 is 4.49. The molecule has 0 fully saturated rings. The van der Waals surface area contributed by atoms with Gasteiger partial charge < -0.3 is 5.11 Å². The first-order chi connectivity index (χ1) is 8.30. The second kappa shape index (κ2) is 6.00. The van der Waals surface area contributed by atoms with Crippen molar-refractivity contribution in [2.24, 2.45) is 0 Å². The van der Waals surface area contributed by atoms with Crippen LogP contribution in [0.25, 0.3) is 0 Å². The van der Waals surface area contributed by atoms with Crippen LogP contribution in [-0.4, -0.2) is 25.7 Å². The molecular weight excluding hydrogens is 338 g/mol. The fourth-order valence-electron chi connectivity index (χ4n) is 1.55. The van der Waals surface area contributed by atoms with Gasteiger partial charge in [0.15, 0.2) is 0 Å². The minimum absolute atomic E-state index is 0.204. The van der Waals surface area contributed by atoms with Gasteiger partial charge in [0.1, 0.15) is 4.21 Å². The van der Waals surface area contributed by atoms with E-state index in [2.05, 4.69) is 20.7 Å². The van der Waals surface area contributed by atoms with E-state index in [-0.39, 0.29) is 10.8 Å². The van der Waals surface area contributed by atoms with Gasteiger partial charge in [-0.15, -0.1) is 11.3 Å². The Kier molecular flexibility index (Phi) is 5.37. The van der Waals surface area contributed by atoms with Crippen LogP contribution in [0.4, 0.5) is 0 Å². The SMILES string of the molecule is CCC(CC)(CO)NS(=O)(=O)c1cc(C)c(Br)s1. The van der Waals surface area contributed by atoms with E-state index in [0.29, 0.717) is 12.8 Å². The lowest BCUT2D eigenvalue weighted by Gasteiger charge is -2.29. The first-order valence-electron chi connectivity index (χ1n) is 5.71. The highest BCUT2D eigenvalue weighted by Crippen LogP contribution is 2.31. The van der Waals surface area contributed by atoms with E-state index >= 15 is 0 Å². The maximum atomic E-state index is 12.3. The molecule has 4 nitrogen and oxygen atoms in total. The van der Waals surface area contributed by atoms with Gasteiger partial charge in [0.2, 0.25) is 0 Å². The van der Waals surface area contributed by atoms with Gasteiger partial charge in [0.25, 0.3) is 10.0 Å². The molecule has 0 bridgehead atoms. The third kappa shape index (κ3) is 3.33. The zero-order valence-electron chi connectivity index (χ0n) is 10.7. The summed E-state index contributed by atoms with van der Waals surface area (Å²) in [5, 5.41) is 9.41. The van der Waals surface area contributed by atoms with E-state index in [1.807, 2.05) is 20.8 Å². The fraction of sp³-hybridized carbons (Fsp3) is 0.636. The molecule has 0 aliphatic rings. The van der Waals surface area contributed by atoms with Crippen molar-refractivity contribution in [3.63, 3.8) is 0 Å².